The molecule has 1 N–H and O–H groups in total. The zero-order chi connectivity index (χ0) is 9.78. The van der Waals surface area contributed by atoms with Crippen LogP contribution in [0.4, 0.5) is 0 Å². The van der Waals surface area contributed by atoms with Crippen LogP contribution in [0.15, 0.2) is 5.28 Å². The van der Waals surface area contributed by atoms with Gasteiger partial charge >= 0.3 is 0 Å². The molecule has 0 unspecified atom stereocenters. The molecule has 6 heteroatoms. The molecule has 0 heterocycles. The predicted molar refractivity (Wildman–Crippen MR) is 43.0 cm³/mol. The molecule has 0 aromatic carbocycles. The number of hydrogen-bond donors (Lipinski definition) is 1. The molecule has 0 aromatic heterocycles. The number of nitrogens with zero attached hydrogens (tertiary/aromatic N) is 3. The van der Waals surface area contributed by atoms with E-state index in [0.29, 0.717) is 0 Å². The summed E-state index contributed by atoms with van der Waals surface area (Å²) in [5, 5.41) is 32.7. The van der Waals surface area contributed by atoms with Crippen molar-refractivity contribution in [2.24, 2.45) is 5.28 Å². The van der Waals surface area contributed by atoms with Crippen molar-refractivity contribution in [3.63, 3.8) is 0 Å². The molecular weight excluding hydrogens is 162 g/mol. The minimum Gasteiger partial charge on any atom is -0.737 e. The first kappa shape index (κ1) is 11.0. The van der Waals surface area contributed by atoms with Crippen molar-refractivity contribution in [2.75, 3.05) is 13.2 Å². The van der Waals surface area contributed by atoms with Gasteiger partial charge in [0.2, 0.25) is 0 Å². The Morgan fingerprint density at radius 1 is 1.50 bits per heavy atom. The Bertz CT molecular complexity index is 164. The molecule has 72 valence electrons. The fourth-order valence-corrected chi connectivity index (χ4v) is 0.816. The summed E-state index contributed by atoms with van der Waals surface area (Å²) in [6.07, 6.45) is 0. The number of aliphatic hydroxyl groups excluding tert-OH is 1. The lowest BCUT2D eigenvalue weighted by Crippen LogP contribution is -2.47. The second kappa shape index (κ2) is 4.10. The molecule has 0 spiro atoms. The largest absolute Gasteiger partial charge is 0.737 e. The van der Waals surface area contributed by atoms with Crippen molar-refractivity contribution in [2.45, 2.75) is 26.3 Å². The molecule has 0 aliphatic carbocycles. The van der Waals surface area contributed by atoms with Gasteiger partial charge in [0.1, 0.15) is 6.54 Å². The fourth-order valence-electron chi connectivity index (χ4n) is 0.816. The van der Waals surface area contributed by atoms with Crippen molar-refractivity contribution in [3.05, 3.63) is 10.4 Å². The van der Waals surface area contributed by atoms with Crippen molar-refractivity contribution >= 4 is 0 Å². The summed E-state index contributed by atoms with van der Waals surface area (Å²) in [6.45, 7) is 5.15. The quantitative estimate of drug-likeness (QED) is 0.384. The van der Waals surface area contributed by atoms with Gasteiger partial charge in [-0.25, -0.2) is 0 Å². The SMILES string of the molecule is CC(C)(C)N(CCO)/[N+]([O-])=N/[O-]. The topological polar surface area (TPSA) is 85.0 Å². The highest BCUT2D eigenvalue weighted by atomic mass is 16.6. The highest BCUT2D eigenvalue weighted by Gasteiger charge is 2.26. The van der Waals surface area contributed by atoms with Gasteiger partial charge in [0.05, 0.1) is 12.1 Å². The predicted octanol–water partition coefficient (Wildman–Crippen LogP) is 0.455. The van der Waals surface area contributed by atoms with Crippen molar-refractivity contribution in [3.8, 4) is 0 Å². The minimum absolute atomic E-state index is 0.0454. The Hall–Kier alpha value is -1.04. The van der Waals surface area contributed by atoms with Gasteiger partial charge in [0.15, 0.2) is 0 Å². The maximum absolute atomic E-state index is 10.8. The van der Waals surface area contributed by atoms with E-state index in [-0.39, 0.29) is 18.1 Å². The third-order valence-corrected chi connectivity index (χ3v) is 1.36. The average Bonchev–Trinajstić information content (AvgIpc) is 1.96. The normalized spacial score (nSPS) is 13.2. The first-order valence-corrected chi connectivity index (χ1v) is 3.62. The Kier molecular flexibility index (Phi) is 3.75. The minimum atomic E-state index is -0.515. The van der Waals surface area contributed by atoms with Crippen LogP contribution >= 0.6 is 0 Å². The number of β-amino-alcohol motifs (C(OH)–C–C–N with tert-alkyl or cyclic N) is 1. The molecule has 0 radical (unpaired) electrons. The Morgan fingerprint density at radius 3 is 2.25 bits per heavy atom. The second-order valence-corrected chi connectivity index (χ2v) is 3.35. The van der Waals surface area contributed by atoms with Crippen LogP contribution in [-0.2, 0) is 0 Å². The average molecular weight is 176 g/mol. The number of hydrogen-bond acceptors (Lipinski definition) is 4. The van der Waals surface area contributed by atoms with Gasteiger partial charge in [-0.1, -0.05) is 0 Å². The summed E-state index contributed by atoms with van der Waals surface area (Å²) >= 11 is 0. The molecule has 0 aliphatic rings. The van der Waals surface area contributed by atoms with E-state index in [1.807, 2.05) is 0 Å². The van der Waals surface area contributed by atoms with E-state index in [1.54, 1.807) is 20.8 Å². The van der Waals surface area contributed by atoms with E-state index in [1.165, 1.54) is 0 Å². The van der Waals surface area contributed by atoms with Gasteiger partial charge in [-0.15, -0.1) is 5.01 Å². The summed E-state index contributed by atoms with van der Waals surface area (Å²) in [7, 11) is 0. The zero-order valence-electron chi connectivity index (χ0n) is 7.52. The van der Waals surface area contributed by atoms with Crippen LogP contribution in [0.1, 0.15) is 20.8 Å². The van der Waals surface area contributed by atoms with Crippen LogP contribution in [0.25, 0.3) is 0 Å². The molecular formula is C6H14N3O3-. The monoisotopic (exact) mass is 176 g/mol. The maximum Gasteiger partial charge on any atom is 0.100 e. The third kappa shape index (κ3) is 2.91. The first-order chi connectivity index (χ1) is 5.43. The summed E-state index contributed by atoms with van der Waals surface area (Å²) in [4.78, 5) is -0.0454. The first-order valence-electron chi connectivity index (χ1n) is 3.62. The fraction of sp³-hybridized carbons (Fsp3) is 1.00. The van der Waals surface area contributed by atoms with Crippen LogP contribution < -0.4 is 0 Å². The van der Waals surface area contributed by atoms with E-state index in [4.69, 9.17) is 5.11 Å². The lowest BCUT2D eigenvalue weighted by atomic mass is 10.1. The van der Waals surface area contributed by atoms with Gasteiger partial charge in [0, 0.05) is 4.97 Å². The summed E-state index contributed by atoms with van der Waals surface area (Å²) in [5.41, 5.74) is -0.515. The third-order valence-electron chi connectivity index (χ3n) is 1.36. The smallest absolute Gasteiger partial charge is 0.100 e. The van der Waals surface area contributed by atoms with Crippen LogP contribution in [0.2, 0.25) is 0 Å². The Labute approximate surface area is 71.2 Å². The van der Waals surface area contributed by atoms with E-state index in [2.05, 4.69) is 5.28 Å². The highest BCUT2D eigenvalue weighted by molar-refractivity contribution is 4.68. The number of aliphatic hydroxyl groups is 1. The Morgan fingerprint density at radius 2 is 2.00 bits per heavy atom. The number of rotatable bonds is 3. The molecule has 0 bridgehead atoms. The summed E-state index contributed by atoms with van der Waals surface area (Å²) in [6, 6.07) is 0. The Balaban J connectivity index is 4.44. The van der Waals surface area contributed by atoms with Crippen molar-refractivity contribution < 1.29 is 10.1 Å². The highest BCUT2D eigenvalue weighted by Crippen LogP contribution is 2.12. The second-order valence-electron chi connectivity index (χ2n) is 3.35. The van der Waals surface area contributed by atoms with Gasteiger partial charge in [0.25, 0.3) is 0 Å². The molecule has 12 heavy (non-hydrogen) atoms. The molecule has 0 fully saturated rings. The van der Waals surface area contributed by atoms with Gasteiger partial charge < -0.3 is 15.5 Å². The van der Waals surface area contributed by atoms with Crippen LogP contribution in [0.3, 0.4) is 0 Å². The number of hydrazine groups is 1. The summed E-state index contributed by atoms with van der Waals surface area (Å²) < 4.78 is 0. The zero-order valence-corrected chi connectivity index (χ0v) is 7.52. The lowest BCUT2D eigenvalue weighted by Gasteiger charge is -2.30. The molecule has 6 nitrogen and oxygen atoms in total. The summed E-state index contributed by atoms with van der Waals surface area (Å²) in [5.74, 6) is 0. The van der Waals surface area contributed by atoms with Crippen LogP contribution in [-0.4, -0.2) is 33.8 Å². The molecule has 0 saturated carbocycles. The van der Waals surface area contributed by atoms with Crippen molar-refractivity contribution in [1.29, 1.82) is 0 Å². The molecule has 0 aliphatic heterocycles. The van der Waals surface area contributed by atoms with Crippen molar-refractivity contribution in [1.82, 2.24) is 5.01 Å². The molecule has 0 aromatic rings. The lowest BCUT2D eigenvalue weighted by molar-refractivity contribution is -0.706. The molecule has 0 saturated heterocycles. The van der Waals surface area contributed by atoms with Gasteiger partial charge in [-0.3, -0.25) is 0 Å². The molecule has 0 atom stereocenters. The van der Waals surface area contributed by atoms with Gasteiger partial charge in [-0.2, -0.15) is 0 Å². The maximum atomic E-state index is 10.8. The van der Waals surface area contributed by atoms with E-state index in [9.17, 15) is 10.4 Å². The molecule has 0 rings (SSSR count). The van der Waals surface area contributed by atoms with E-state index in [0.717, 1.165) is 5.01 Å². The molecule has 0 amide bonds. The van der Waals surface area contributed by atoms with Crippen LogP contribution in [0.5, 0.6) is 0 Å². The van der Waals surface area contributed by atoms with E-state index < -0.39 is 5.54 Å². The standard InChI is InChI=1S/C6H15N3O3/c1-6(2,3)8(4-5-10)9(12)7-11/h10-11H,4-5H2,1-3H3/p-1/b9-7-. The van der Waals surface area contributed by atoms with E-state index >= 15 is 0 Å². The van der Waals surface area contributed by atoms with Gasteiger partial charge in [-0.05, 0) is 26.0 Å². The van der Waals surface area contributed by atoms with Crippen LogP contribution in [0, 0.1) is 10.4 Å².